The molecule has 0 aromatic heterocycles. The molecule has 2 unspecified atom stereocenters. The van der Waals surface area contributed by atoms with Crippen LogP contribution in [-0.2, 0) is 22.2 Å². The maximum Gasteiger partial charge on any atom is 0.494 e. The van der Waals surface area contributed by atoms with Gasteiger partial charge in [-0.1, -0.05) is 103 Å². The predicted octanol–water partition coefficient (Wildman–Crippen LogP) is 6.94. The Balaban J connectivity index is 1.19. The smallest absolute Gasteiger partial charge is 0.399 e. The van der Waals surface area contributed by atoms with E-state index in [0.717, 1.165) is 18.3 Å². The lowest BCUT2D eigenvalue weighted by Gasteiger charge is -2.32. The van der Waals surface area contributed by atoms with Gasteiger partial charge in [0.2, 0.25) is 0 Å². The van der Waals surface area contributed by atoms with Crippen LogP contribution >= 0.6 is 0 Å². The van der Waals surface area contributed by atoms with E-state index in [1.807, 2.05) is 0 Å². The van der Waals surface area contributed by atoms with Crippen molar-refractivity contribution in [3.8, 4) is 11.1 Å². The summed E-state index contributed by atoms with van der Waals surface area (Å²) in [5.74, 6) is 0.665. The lowest BCUT2D eigenvalue weighted by molar-refractivity contribution is 0.00578. The molecule has 0 bridgehead atoms. The molecule has 3 heteroatoms. The lowest BCUT2D eigenvalue weighted by Crippen LogP contribution is -2.41. The highest BCUT2D eigenvalue weighted by molar-refractivity contribution is 6.62. The highest BCUT2D eigenvalue weighted by Crippen LogP contribution is 2.61. The predicted molar refractivity (Wildman–Crippen MR) is 149 cm³/mol. The molecular weight excluding hydrogens is 439 g/mol. The average molecular weight is 474 g/mol. The van der Waals surface area contributed by atoms with Crippen LogP contribution in [0.2, 0.25) is 0 Å². The minimum absolute atomic E-state index is 0.280. The van der Waals surface area contributed by atoms with Crippen LogP contribution in [0.5, 0.6) is 0 Å². The minimum Gasteiger partial charge on any atom is -0.399 e. The van der Waals surface area contributed by atoms with Crippen molar-refractivity contribution in [2.45, 2.75) is 58.2 Å². The van der Waals surface area contributed by atoms with E-state index in [1.165, 1.54) is 28.7 Å². The van der Waals surface area contributed by atoms with Gasteiger partial charge in [-0.3, -0.25) is 0 Å². The summed E-state index contributed by atoms with van der Waals surface area (Å²) >= 11 is 0. The summed E-state index contributed by atoms with van der Waals surface area (Å²) in [6, 6.07) is 28.6. The molecule has 36 heavy (non-hydrogen) atoms. The van der Waals surface area contributed by atoms with E-state index in [2.05, 4.69) is 125 Å². The molecule has 2 atom stereocenters. The van der Waals surface area contributed by atoms with E-state index < -0.39 is 0 Å². The van der Waals surface area contributed by atoms with Crippen molar-refractivity contribution in [3.63, 3.8) is 0 Å². The van der Waals surface area contributed by atoms with Crippen LogP contribution in [0, 0.1) is 11.3 Å². The van der Waals surface area contributed by atoms with Crippen molar-refractivity contribution in [2.75, 3.05) is 0 Å². The largest absolute Gasteiger partial charge is 0.494 e. The SMILES string of the molecule is CC1(C)OB(c2cccc(-c3cccc(CC45C=CC=C(Cc6ccccc6)C4C5)c3)c2)OC1(C)C. The van der Waals surface area contributed by atoms with Gasteiger partial charge in [0.1, 0.15) is 0 Å². The van der Waals surface area contributed by atoms with Crippen molar-refractivity contribution in [1.29, 1.82) is 0 Å². The zero-order valence-corrected chi connectivity index (χ0v) is 21.8. The lowest BCUT2D eigenvalue weighted by atomic mass is 9.78. The Kier molecular flexibility index (Phi) is 5.62. The van der Waals surface area contributed by atoms with Crippen molar-refractivity contribution in [1.82, 2.24) is 0 Å². The molecule has 1 saturated heterocycles. The maximum atomic E-state index is 6.30. The molecule has 0 amide bonds. The fraction of sp³-hybridized carbons (Fsp3) is 0.333. The first-order valence-corrected chi connectivity index (χ1v) is 13.2. The summed E-state index contributed by atoms with van der Waals surface area (Å²) in [4.78, 5) is 0. The molecule has 0 N–H and O–H groups in total. The molecule has 2 aliphatic carbocycles. The summed E-state index contributed by atoms with van der Waals surface area (Å²) in [5, 5.41) is 0. The van der Waals surface area contributed by atoms with Crippen molar-refractivity contribution < 1.29 is 9.31 Å². The van der Waals surface area contributed by atoms with E-state index >= 15 is 0 Å². The third-order valence-electron chi connectivity index (χ3n) is 8.76. The topological polar surface area (TPSA) is 18.5 Å². The average Bonchev–Trinajstić information content (AvgIpc) is 3.54. The third-order valence-corrected chi connectivity index (χ3v) is 8.76. The molecule has 1 heterocycles. The monoisotopic (exact) mass is 474 g/mol. The molecule has 2 nitrogen and oxygen atoms in total. The summed E-state index contributed by atoms with van der Waals surface area (Å²) in [6.45, 7) is 8.41. The van der Waals surface area contributed by atoms with E-state index in [-0.39, 0.29) is 23.7 Å². The molecule has 3 aromatic carbocycles. The normalized spacial score (nSPS) is 25.4. The van der Waals surface area contributed by atoms with Crippen LogP contribution in [0.1, 0.15) is 45.2 Å². The molecule has 0 radical (unpaired) electrons. The fourth-order valence-electron chi connectivity index (χ4n) is 5.84. The summed E-state index contributed by atoms with van der Waals surface area (Å²) in [5.41, 5.74) is 7.52. The van der Waals surface area contributed by atoms with E-state index in [0.29, 0.717) is 5.92 Å². The number of fused-ring (bicyclic) bond motifs is 1. The van der Waals surface area contributed by atoms with Gasteiger partial charge in [-0.25, -0.2) is 0 Å². The zero-order chi connectivity index (χ0) is 25.0. The molecule has 3 aromatic rings. The van der Waals surface area contributed by atoms with Gasteiger partial charge < -0.3 is 9.31 Å². The number of hydrogen-bond donors (Lipinski definition) is 0. The van der Waals surface area contributed by atoms with Gasteiger partial charge in [-0.15, -0.1) is 0 Å². The Morgan fingerprint density at radius 3 is 2.19 bits per heavy atom. The van der Waals surface area contributed by atoms with E-state index in [4.69, 9.17) is 9.31 Å². The number of rotatable bonds is 6. The Bertz CT molecular complexity index is 1320. The molecule has 3 aliphatic rings. The Morgan fingerprint density at radius 1 is 0.778 bits per heavy atom. The molecule has 0 spiro atoms. The van der Waals surface area contributed by atoms with Crippen LogP contribution in [0.25, 0.3) is 11.1 Å². The van der Waals surface area contributed by atoms with Gasteiger partial charge in [0, 0.05) is 0 Å². The van der Waals surface area contributed by atoms with Gasteiger partial charge in [-0.05, 0) is 86.0 Å². The second-order valence-corrected chi connectivity index (χ2v) is 11.8. The first kappa shape index (κ1) is 23.5. The summed E-state index contributed by atoms with van der Waals surface area (Å²) < 4.78 is 12.6. The number of hydrogen-bond acceptors (Lipinski definition) is 2. The van der Waals surface area contributed by atoms with Gasteiger partial charge >= 0.3 is 7.12 Å². The fourth-order valence-corrected chi connectivity index (χ4v) is 5.84. The van der Waals surface area contributed by atoms with Crippen LogP contribution in [0.15, 0.2) is 103 Å². The molecular formula is C33H35BO2. The van der Waals surface area contributed by atoms with Crippen molar-refractivity contribution >= 4 is 12.6 Å². The number of benzene rings is 3. The summed E-state index contributed by atoms with van der Waals surface area (Å²) in [7, 11) is -0.341. The standard InChI is InChI=1S/C33H35BO2/c1-31(2)32(3,4)36-34(35-31)29-17-9-15-27(21-29)26-14-8-13-25(20-26)22-33-18-10-16-28(30(33)23-33)19-24-11-6-5-7-12-24/h5-18,20-21,30H,19,22-23H2,1-4H3. The molecule has 182 valence electrons. The first-order valence-electron chi connectivity index (χ1n) is 13.2. The van der Waals surface area contributed by atoms with Gasteiger partial charge in [0.15, 0.2) is 0 Å². The first-order chi connectivity index (χ1) is 17.2. The van der Waals surface area contributed by atoms with Crippen LogP contribution in [0.3, 0.4) is 0 Å². The molecule has 6 rings (SSSR count). The van der Waals surface area contributed by atoms with Crippen molar-refractivity contribution in [2.24, 2.45) is 11.3 Å². The maximum absolute atomic E-state index is 6.30. The quantitative estimate of drug-likeness (QED) is 0.360. The van der Waals surface area contributed by atoms with Gasteiger partial charge in [0.25, 0.3) is 0 Å². The highest BCUT2D eigenvalue weighted by atomic mass is 16.7. The van der Waals surface area contributed by atoms with Gasteiger partial charge in [0.05, 0.1) is 11.2 Å². The highest BCUT2D eigenvalue weighted by Gasteiger charge is 2.54. The Morgan fingerprint density at radius 2 is 1.44 bits per heavy atom. The van der Waals surface area contributed by atoms with Crippen molar-refractivity contribution in [3.05, 3.63) is 114 Å². The minimum atomic E-state index is -0.341. The Hall–Kier alpha value is -2.88. The molecule has 1 saturated carbocycles. The molecule has 2 fully saturated rings. The number of allylic oxidation sites excluding steroid dienone is 4. The zero-order valence-electron chi connectivity index (χ0n) is 21.8. The molecule has 1 aliphatic heterocycles. The Labute approximate surface area is 216 Å². The van der Waals surface area contributed by atoms with Crippen LogP contribution in [0.4, 0.5) is 0 Å². The van der Waals surface area contributed by atoms with Crippen LogP contribution in [-0.4, -0.2) is 18.3 Å². The van der Waals surface area contributed by atoms with Gasteiger partial charge in [-0.2, -0.15) is 0 Å². The second kappa shape index (κ2) is 8.61. The third kappa shape index (κ3) is 4.29. The summed E-state index contributed by atoms with van der Waals surface area (Å²) in [6.07, 6.45) is 10.5. The second-order valence-electron chi connectivity index (χ2n) is 11.8. The van der Waals surface area contributed by atoms with Crippen LogP contribution < -0.4 is 5.46 Å². The van der Waals surface area contributed by atoms with E-state index in [1.54, 1.807) is 5.57 Å². The van der Waals surface area contributed by atoms with E-state index in [9.17, 15) is 0 Å².